The number of amides is 2. The predicted octanol–water partition coefficient (Wildman–Crippen LogP) is 4.75. The van der Waals surface area contributed by atoms with Crippen molar-refractivity contribution in [3.8, 4) is 0 Å². The molecule has 2 amide bonds. The van der Waals surface area contributed by atoms with Crippen molar-refractivity contribution in [3.63, 3.8) is 0 Å². The quantitative estimate of drug-likeness (QED) is 0.471. The summed E-state index contributed by atoms with van der Waals surface area (Å²) in [6.45, 7) is 2.29. The summed E-state index contributed by atoms with van der Waals surface area (Å²) in [5.41, 5.74) is 4.12. The second-order valence-electron chi connectivity index (χ2n) is 7.89. The van der Waals surface area contributed by atoms with E-state index < -0.39 is 6.04 Å². The minimum Gasteiger partial charge on any atom is -0.357 e. The number of aryl methyl sites for hydroxylation is 1. The number of carbonyl (C=O) groups is 2. The molecule has 33 heavy (non-hydrogen) atoms. The van der Waals surface area contributed by atoms with Crippen molar-refractivity contribution in [2.45, 2.75) is 31.7 Å². The van der Waals surface area contributed by atoms with Crippen LogP contribution in [-0.2, 0) is 28.3 Å². The van der Waals surface area contributed by atoms with Crippen molar-refractivity contribution >= 4 is 23.6 Å². The third kappa shape index (κ3) is 7.19. The predicted molar refractivity (Wildman–Crippen MR) is 132 cm³/mol. The summed E-state index contributed by atoms with van der Waals surface area (Å²) >= 11 is 1.53. The second kappa shape index (κ2) is 12.2. The maximum atomic E-state index is 13.4. The Kier molecular flexibility index (Phi) is 9.07. The maximum absolute atomic E-state index is 13.4. The highest BCUT2D eigenvalue weighted by molar-refractivity contribution is 7.99. The molecule has 0 radical (unpaired) electrons. The number of hydrogen-bond donors (Lipinski definition) is 1. The van der Waals surface area contributed by atoms with Gasteiger partial charge in [0.15, 0.2) is 0 Å². The Bertz CT molecular complexity index is 1060. The van der Waals surface area contributed by atoms with Gasteiger partial charge in [-0.15, -0.1) is 11.8 Å². The number of halogens is 1. The highest BCUT2D eigenvalue weighted by Crippen LogP contribution is 2.20. The molecular weight excluding hydrogens is 435 g/mol. The second-order valence-corrected chi connectivity index (χ2v) is 8.87. The zero-order chi connectivity index (χ0) is 23.6. The van der Waals surface area contributed by atoms with Crippen molar-refractivity contribution in [2.75, 3.05) is 12.8 Å². The number of hydrogen-bond acceptors (Lipinski definition) is 3. The van der Waals surface area contributed by atoms with Crippen molar-refractivity contribution in [3.05, 3.63) is 107 Å². The van der Waals surface area contributed by atoms with E-state index in [9.17, 15) is 14.0 Å². The van der Waals surface area contributed by atoms with Crippen molar-refractivity contribution in [1.82, 2.24) is 10.2 Å². The average molecular weight is 465 g/mol. The van der Waals surface area contributed by atoms with Crippen LogP contribution in [0.25, 0.3) is 0 Å². The number of rotatable bonds is 10. The van der Waals surface area contributed by atoms with E-state index in [-0.39, 0.29) is 29.9 Å². The van der Waals surface area contributed by atoms with E-state index in [4.69, 9.17) is 0 Å². The Hall–Kier alpha value is -3.12. The molecule has 0 saturated heterocycles. The highest BCUT2D eigenvalue weighted by atomic mass is 32.2. The van der Waals surface area contributed by atoms with Crippen LogP contribution in [0.3, 0.4) is 0 Å². The van der Waals surface area contributed by atoms with E-state index in [0.717, 1.165) is 11.1 Å². The molecule has 0 aromatic heterocycles. The lowest BCUT2D eigenvalue weighted by Crippen LogP contribution is -2.50. The van der Waals surface area contributed by atoms with E-state index in [1.807, 2.05) is 42.5 Å². The third-order valence-electron chi connectivity index (χ3n) is 5.53. The lowest BCUT2D eigenvalue weighted by Gasteiger charge is -2.31. The summed E-state index contributed by atoms with van der Waals surface area (Å²) in [5, 5.41) is 2.71. The van der Waals surface area contributed by atoms with Gasteiger partial charge in [0.25, 0.3) is 0 Å². The molecular formula is C27H29FN2O2S. The molecule has 4 nitrogen and oxygen atoms in total. The summed E-state index contributed by atoms with van der Waals surface area (Å²) in [5.74, 6) is 0.280. The molecule has 0 spiro atoms. The molecule has 3 aromatic rings. The van der Waals surface area contributed by atoms with Crippen LogP contribution in [0.4, 0.5) is 4.39 Å². The monoisotopic (exact) mass is 464 g/mol. The zero-order valence-electron chi connectivity index (χ0n) is 19.0. The van der Waals surface area contributed by atoms with E-state index in [1.54, 1.807) is 24.1 Å². The van der Waals surface area contributed by atoms with Crippen LogP contribution in [0, 0.1) is 12.7 Å². The van der Waals surface area contributed by atoms with E-state index in [0.29, 0.717) is 12.2 Å². The lowest BCUT2D eigenvalue weighted by molar-refractivity contribution is -0.139. The molecule has 3 rings (SSSR count). The summed E-state index contributed by atoms with van der Waals surface area (Å²) in [4.78, 5) is 27.9. The normalized spacial score (nSPS) is 11.6. The lowest BCUT2D eigenvalue weighted by atomic mass is 10.0. The molecule has 0 fully saturated rings. The molecule has 172 valence electrons. The van der Waals surface area contributed by atoms with Crippen molar-refractivity contribution in [2.24, 2.45) is 0 Å². The highest BCUT2D eigenvalue weighted by Gasteiger charge is 2.29. The van der Waals surface area contributed by atoms with Gasteiger partial charge in [-0.3, -0.25) is 9.59 Å². The van der Waals surface area contributed by atoms with Crippen LogP contribution in [0.1, 0.15) is 22.3 Å². The van der Waals surface area contributed by atoms with Gasteiger partial charge in [0.1, 0.15) is 11.9 Å². The Labute approximate surface area is 199 Å². The molecule has 0 aliphatic carbocycles. The van der Waals surface area contributed by atoms with E-state index in [2.05, 4.69) is 24.4 Å². The van der Waals surface area contributed by atoms with Gasteiger partial charge >= 0.3 is 0 Å². The third-order valence-corrected chi connectivity index (χ3v) is 6.49. The average Bonchev–Trinajstić information content (AvgIpc) is 2.83. The molecule has 1 N–H and O–H groups in total. The van der Waals surface area contributed by atoms with E-state index in [1.165, 1.54) is 35.0 Å². The van der Waals surface area contributed by atoms with Gasteiger partial charge in [-0.2, -0.15) is 0 Å². The summed E-state index contributed by atoms with van der Waals surface area (Å²) in [6.07, 6.45) is 0.399. The topological polar surface area (TPSA) is 49.4 Å². The minimum absolute atomic E-state index is 0.123. The fourth-order valence-corrected chi connectivity index (χ4v) is 4.60. The number of nitrogens with one attached hydrogen (secondary N) is 1. The van der Waals surface area contributed by atoms with Gasteiger partial charge in [-0.25, -0.2) is 4.39 Å². The van der Waals surface area contributed by atoms with Gasteiger partial charge in [0.05, 0.1) is 5.75 Å². The van der Waals surface area contributed by atoms with Gasteiger partial charge in [0, 0.05) is 25.8 Å². The van der Waals surface area contributed by atoms with Gasteiger partial charge < -0.3 is 10.2 Å². The number of benzene rings is 3. The minimum atomic E-state index is -0.672. The molecule has 0 unspecified atom stereocenters. The molecule has 1 atom stereocenters. The van der Waals surface area contributed by atoms with Crippen molar-refractivity contribution in [1.29, 1.82) is 0 Å². The number of nitrogens with zero attached hydrogens (tertiary/aromatic N) is 1. The largest absolute Gasteiger partial charge is 0.357 e. The number of likely N-dealkylation sites (N-methyl/N-ethyl adjacent to an activating group) is 1. The molecule has 6 heteroatoms. The Morgan fingerprint density at radius 3 is 2.27 bits per heavy atom. The van der Waals surface area contributed by atoms with Crippen LogP contribution < -0.4 is 5.32 Å². The molecule has 0 aliphatic heterocycles. The first-order chi connectivity index (χ1) is 16.0. The van der Waals surface area contributed by atoms with Crippen LogP contribution in [0.5, 0.6) is 0 Å². The Morgan fingerprint density at radius 2 is 1.61 bits per heavy atom. The zero-order valence-corrected chi connectivity index (χ0v) is 19.8. The smallest absolute Gasteiger partial charge is 0.242 e. The number of carbonyl (C=O) groups excluding carboxylic acids is 2. The summed E-state index contributed by atoms with van der Waals surface area (Å²) in [6, 6.07) is 23.1. The molecule has 3 aromatic carbocycles. The fourth-order valence-electron chi connectivity index (χ4n) is 3.61. The summed E-state index contributed by atoms with van der Waals surface area (Å²) < 4.78 is 13.4. The molecule has 0 bridgehead atoms. The molecule has 0 heterocycles. The van der Waals surface area contributed by atoms with Crippen LogP contribution in [0.2, 0.25) is 0 Å². The SMILES string of the molecule is CNC(=O)[C@@H](Cc1ccccc1)N(Cc1ccc(F)cc1)C(=O)CSCc1ccccc1C. The van der Waals surface area contributed by atoms with E-state index >= 15 is 0 Å². The molecule has 0 saturated carbocycles. The fraction of sp³-hybridized carbons (Fsp3) is 0.259. The Morgan fingerprint density at radius 1 is 0.939 bits per heavy atom. The summed E-state index contributed by atoms with van der Waals surface area (Å²) in [7, 11) is 1.58. The van der Waals surface area contributed by atoms with Crippen molar-refractivity contribution < 1.29 is 14.0 Å². The first-order valence-electron chi connectivity index (χ1n) is 10.9. The number of thioether (sulfide) groups is 1. The van der Waals surface area contributed by atoms with Crippen LogP contribution in [-0.4, -0.2) is 35.6 Å². The standard InChI is InChI=1S/C27H29FN2O2S/c1-20-8-6-7-11-23(20)18-33-19-26(31)30(17-22-12-14-24(28)15-13-22)25(27(32)29-2)16-21-9-4-3-5-10-21/h3-15,25H,16-19H2,1-2H3,(H,29,32)/t25-/m1/s1. The molecule has 0 aliphatic rings. The van der Waals surface area contributed by atoms with Gasteiger partial charge in [-0.1, -0.05) is 66.7 Å². The van der Waals surface area contributed by atoms with Gasteiger partial charge in [-0.05, 0) is 41.3 Å². The maximum Gasteiger partial charge on any atom is 0.242 e. The first kappa shape index (κ1) is 24.5. The van der Waals surface area contributed by atoms with Crippen LogP contribution in [0.15, 0.2) is 78.9 Å². The first-order valence-corrected chi connectivity index (χ1v) is 12.0. The Balaban J connectivity index is 1.80. The van der Waals surface area contributed by atoms with Gasteiger partial charge in [0.2, 0.25) is 11.8 Å². The van der Waals surface area contributed by atoms with Crippen LogP contribution >= 0.6 is 11.8 Å².